The number of hydrogen-bond acceptors (Lipinski definition) is 3. The van der Waals surface area contributed by atoms with Crippen LogP contribution in [-0.4, -0.2) is 0 Å². The quantitative estimate of drug-likeness (QED) is 0.177. The van der Waals surface area contributed by atoms with E-state index in [2.05, 4.69) is 195 Å². The summed E-state index contributed by atoms with van der Waals surface area (Å²) in [5, 5.41) is 7.01. The summed E-state index contributed by atoms with van der Waals surface area (Å²) in [7, 11) is 0. The van der Waals surface area contributed by atoms with Gasteiger partial charge < -0.3 is 14.2 Å². The van der Waals surface area contributed by atoms with Crippen molar-refractivity contribution in [1.29, 1.82) is 0 Å². The molecule has 246 valence electrons. The minimum absolute atomic E-state index is 0.900. The second kappa shape index (κ2) is 12.2. The molecule has 0 spiro atoms. The average molecular weight is 659 g/mol. The van der Waals surface area contributed by atoms with Crippen LogP contribution in [0.1, 0.15) is 22.3 Å². The van der Waals surface area contributed by atoms with Crippen LogP contribution < -0.4 is 9.80 Å². The summed E-state index contributed by atoms with van der Waals surface area (Å²) < 4.78 is 6.53. The third-order valence-electron chi connectivity index (χ3n) is 10.1. The molecular formula is C48H38N2O. The second-order valence-corrected chi connectivity index (χ2v) is 13.8. The highest BCUT2D eigenvalue weighted by atomic mass is 16.3. The lowest BCUT2D eigenvalue weighted by Gasteiger charge is -2.26. The summed E-state index contributed by atoms with van der Waals surface area (Å²) >= 11 is 0. The maximum atomic E-state index is 6.53. The lowest BCUT2D eigenvalue weighted by molar-refractivity contribution is 0.669. The molecule has 0 saturated carbocycles. The van der Waals surface area contributed by atoms with Crippen LogP contribution in [-0.2, 0) is 0 Å². The lowest BCUT2D eigenvalue weighted by atomic mass is 9.98. The van der Waals surface area contributed by atoms with E-state index in [1.807, 2.05) is 0 Å². The van der Waals surface area contributed by atoms with Crippen LogP contribution >= 0.6 is 0 Å². The predicted octanol–water partition coefficient (Wildman–Crippen LogP) is 14.1. The predicted molar refractivity (Wildman–Crippen MR) is 217 cm³/mol. The highest BCUT2D eigenvalue weighted by molar-refractivity contribution is 6.26. The van der Waals surface area contributed by atoms with E-state index >= 15 is 0 Å². The van der Waals surface area contributed by atoms with Crippen LogP contribution in [0.15, 0.2) is 162 Å². The molecule has 0 unspecified atom stereocenters. The van der Waals surface area contributed by atoms with Gasteiger partial charge in [-0.05, 0) is 134 Å². The molecule has 3 nitrogen and oxygen atoms in total. The van der Waals surface area contributed by atoms with Gasteiger partial charge in [0.25, 0.3) is 0 Å². The monoisotopic (exact) mass is 658 g/mol. The molecule has 0 aliphatic heterocycles. The Bertz CT molecular complexity index is 2420. The Labute approximate surface area is 298 Å². The number of anilines is 6. The normalized spacial score (nSPS) is 11.5. The molecule has 9 rings (SSSR count). The van der Waals surface area contributed by atoms with Gasteiger partial charge in [-0.15, -0.1) is 0 Å². The maximum absolute atomic E-state index is 6.53. The van der Waals surface area contributed by atoms with Crippen LogP contribution in [0.3, 0.4) is 0 Å². The molecule has 1 aromatic heterocycles. The minimum atomic E-state index is 0.900. The number of furan rings is 1. The third-order valence-corrected chi connectivity index (χ3v) is 10.1. The van der Waals surface area contributed by atoms with Crippen LogP contribution in [0.4, 0.5) is 34.1 Å². The molecule has 9 aromatic rings. The van der Waals surface area contributed by atoms with E-state index in [0.29, 0.717) is 0 Å². The Morgan fingerprint density at radius 1 is 0.314 bits per heavy atom. The SMILES string of the molecule is Cc1ccc(N(c2ccc(C)cc2)c2ccc3c(ccc4oc5ccc6cc(N(c7ccc(C)cc7)c7ccc(C)cc7)ccc6c5c43)c2)cc1. The van der Waals surface area contributed by atoms with Crippen LogP contribution in [0.2, 0.25) is 0 Å². The zero-order valence-electron chi connectivity index (χ0n) is 29.3. The first-order chi connectivity index (χ1) is 24.9. The van der Waals surface area contributed by atoms with E-state index in [4.69, 9.17) is 4.42 Å². The summed E-state index contributed by atoms with van der Waals surface area (Å²) in [5.41, 5.74) is 13.5. The molecule has 51 heavy (non-hydrogen) atoms. The van der Waals surface area contributed by atoms with Crippen LogP contribution in [0.5, 0.6) is 0 Å². The highest BCUT2D eigenvalue weighted by Gasteiger charge is 2.19. The summed E-state index contributed by atoms with van der Waals surface area (Å²) in [5.74, 6) is 0. The molecule has 0 N–H and O–H groups in total. The van der Waals surface area contributed by atoms with Gasteiger partial charge in [0.15, 0.2) is 0 Å². The fourth-order valence-corrected chi connectivity index (χ4v) is 7.35. The standard InChI is InChI=1S/C48H38N2O/c1-31-5-15-37(16-6-31)49(38-17-7-32(2)8-18-38)41-23-25-43-35(29-41)13-27-45-47(43)48-44-26-24-42(30-36(44)14-28-46(48)51-45)50(39-19-9-33(3)10-20-39)40-21-11-34(4)12-22-40/h5-30H,1-4H3. The summed E-state index contributed by atoms with van der Waals surface area (Å²) in [6.07, 6.45) is 0. The first-order valence-electron chi connectivity index (χ1n) is 17.6. The molecule has 3 heteroatoms. The Balaban J connectivity index is 1.20. The van der Waals surface area contributed by atoms with Crippen LogP contribution in [0.25, 0.3) is 43.5 Å². The average Bonchev–Trinajstić information content (AvgIpc) is 3.55. The first-order valence-corrected chi connectivity index (χ1v) is 17.6. The van der Waals surface area contributed by atoms with E-state index in [-0.39, 0.29) is 0 Å². The Morgan fingerprint density at radius 2 is 0.608 bits per heavy atom. The van der Waals surface area contributed by atoms with Crippen molar-refractivity contribution in [3.63, 3.8) is 0 Å². The van der Waals surface area contributed by atoms with E-state index in [9.17, 15) is 0 Å². The fraction of sp³-hybridized carbons (Fsp3) is 0.0833. The van der Waals surface area contributed by atoms with Crippen molar-refractivity contribution in [1.82, 2.24) is 0 Å². The molecule has 8 aromatic carbocycles. The first kappa shape index (κ1) is 30.7. The molecule has 0 aliphatic rings. The van der Waals surface area contributed by atoms with E-state index in [1.54, 1.807) is 0 Å². The molecular weight excluding hydrogens is 621 g/mol. The topological polar surface area (TPSA) is 19.6 Å². The van der Waals surface area contributed by atoms with Gasteiger partial charge in [-0.25, -0.2) is 0 Å². The smallest absolute Gasteiger partial charge is 0.136 e. The summed E-state index contributed by atoms with van der Waals surface area (Å²) in [6.45, 7) is 8.52. The highest BCUT2D eigenvalue weighted by Crippen LogP contribution is 2.43. The molecule has 0 fully saturated rings. The summed E-state index contributed by atoms with van der Waals surface area (Å²) in [6, 6.07) is 57.3. The van der Waals surface area contributed by atoms with Crippen molar-refractivity contribution in [2.75, 3.05) is 9.80 Å². The number of rotatable bonds is 6. The number of fused-ring (bicyclic) bond motifs is 7. The lowest BCUT2D eigenvalue weighted by Crippen LogP contribution is -2.10. The fourth-order valence-electron chi connectivity index (χ4n) is 7.35. The molecule has 0 atom stereocenters. The number of nitrogens with zero attached hydrogens (tertiary/aromatic N) is 2. The van der Waals surface area contributed by atoms with Crippen molar-refractivity contribution < 1.29 is 4.42 Å². The zero-order valence-corrected chi connectivity index (χ0v) is 29.3. The van der Waals surface area contributed by atoms with Gasteiger partial charge in [0.1, 0.15) is 11.2 Å². The van der Waals surface area contributed by atoms with Gasteiger partial charge in [-0.3, -0.25) is 0 Å². The molecule has 0 aliphatic carbocycles. The maximum Gasteiger partial charge on any atom is 0.136 e. The largest absolute Gasteiger partial charge is 0.456 e. The number of aryl methyl sites for hydroxylation is 4. The number of benzene rings is 8. The third kappa shape index (κ3) is 5.48. The van der Waals surface area contributed by atoms with E-state index in [0.717, 1.165) is 56.1 Å². The Hall–Kier alpha value is -6.32. The van der Waals surface area contributed by atoms with Gasteiger partial charge in [-0.1, -0.05) is 95.1 Å². The molecule has 0 amide bonds. The number of hydrogen-bond donors (Lipinski definition) is 0. The van der Waals surface area contributed by atoms with Crippen molar-refractivity contribution in [2.45, 2.75) is 27.7 Å². The summed E-state index contributed by atoms with van der Waals surface area (Å²) in [4.78, 5) is 4.67. The zero-order chi connectivity index (χ0) is 34.6. The van der Waals surface area contributed by atoms with Gasteiger partial charge in [0.2, 0.25) is 0 Å². The van der Waals surface area contributed by atoms with E-state index in [1.165, 1.54) is 43.8 Å². The second-order valence-electron chi connectivity index (χ2n) is 13.8. The molecule has 0 bridgehead atoms. The van der Waals surface area contributed by atoms with Gasteiger partial charge in [0.05, 0.1) is 0 Å². The van der Waals surface area contributed by atoms with Crippen molar-refractivity contribution >= 4 is 77.6 Å². The molecule has 1 heterocycles. The van der Waals surface area contributed by atoms with Crippen molar-refractivity contribution in [2.24, 2.45) is 0 Å². The van der Waals surface area contributed by atoms with Gasteiger partial charge >= 0.3 is 0 Å². The van der Waals surface area contributed by atoms with E-state index < -0.39 is 0 Å². The van der Waals surface area contributed by atoms with Gasteiger partial charge in [0, 0.05) is 44.9 Å². The Kier molecular flexibility index (Phi) is 7.36. The minimum Gasteiger partial charge on any atom is -0.456 e. The van der Waals surface area contributed by atoms with Gasteiger partial charge in [-0.2, -0.15) is 0 Å². The van der Waals surface area contributed by atoms with Crippen molar-refractivity contribution in [3.05, 3.63) is 180 Å². The Morgan fingerprint density at radius 3 is 0.922 bits per heavy atom. The van der Waals surface area contributed by atoms with Crippen LogP contribution in [0, 0.1) is 27.7 Å². The molecule has 0 radical (unpaired) electrons. The van der Waals surface area contributed by atoms with Crippen molar-refractivity contribution in [3.8, 4) is 0 Å². The molecule has 0 saturated heterocycles.